The highest BCUT2D eigenvalue weighted by Crippen LogP contribution is 2.08. The molecular formula is C14H22O2Si. The van der Waals surface area contributed by atoms with Gasteiger partial charge in [-0.25, -0.2) is 0 Å². The van der Waals surface area contributed by atoms with E-state index in [-0.39, 0.29) is 5.91 Å². The van der Waals surface area contributed by atoms with Gasteiger partial charge in [0.25, 0.3) is 0 Å². The molecule has 0 aliphatic rings. The SMILES string of the molecule is C=C(C)c1ccc([SiH2]C(OCC)OCC)cc1. The molecule has 1 aromatic rings. The van der Waals surface area contributed by atoms with Crippen LogP contribution < -0.4 is 5.19 Å². The molecule has 0 saturated carbocycles. The molecule has 0 aliphatic carbocycles. The van der Waals surface area contributed by atoms with E-state index in [0.29, 0.717) is 13.2 Å². The third kappa shape index (κ3) is 4.85. The molecule has 2 nitrogen and oxygen atoms in total. The molecule has 0 atom stereocenters. The van der Waals surface area contributed by atoms with Crippen LogP contribution in [-0.4, -0.2) is 28.6 Å². The molecule has 0 aliphatic heterocycles. The van der Waals surface area contributed by atoms with Crippen molar-refractivity contribution in [3.8, 4) is 0 Å². The number of hydrogen-bond donors (Lipinski definition) is 0. The standard InChI is InChI=1S/C14H22O2Si/c1-5-15-14(16-6-2)17-13-9-7-12(8-10-13)11(3)4/h7-10,14H,3,5-6,17H2,1-2,4H3. The highest BCUT2D eigenvalue weighted by Gasteiger charge is 2.09. The second kappa shape index (κ2) is 7.43. The first-order valence-electron chi connectivity index (χ1n) is 6.15. The Morgan fingerprint density at radius 2 is 1.71 bits per heavy atom. The Hall–Kier alpha value is -0.903. The molecule has 0 spiro atoms. The zero-order valence-corrected chi connectivity index (χ0v) is 12.4. The number of ether oxygens (including phenoxy) is 2. The lowest BCUT2D eigenvalue weighted by atomic mass is 10.1. The Labute approximate surface area is 106 Å². The van der Waals surface area contributed by atoms with Gasteiger partial charge in [0, 0.05) is 13.2 Å². The van der Waals surface area contributed by atoms with Crippen molar-refractivity contribution in [1.29, 1.82) is 0 Å². The molecule has 0 aromatic heterocycles. The maximum atomic E-state index is 5.59. The summed E-state index contributed by atoms with van der Waals surface area (Å²) in [6.07, 6.45) is 0. The third-order valence-corrected chi connectivity index (χ3v) is 4.30. The van der Waals surface area contributed by atoms with E-state index in [1.54, 1.807) is 0 Å². The fraction of sp³-hybridized carbons (Fsp3) is 0.429. The van der Waals surface area contributed by atoms with E-state index in [1.807, 2.05) is 20.8 Å². The van der Waals surface area contributed by atoms with Crippen molar-refractivity contribution in [2.45, 2.75) is 26.7 Å². The van der Waals surface area contributed by atoms with Crippen LogP contribution in [0.5, 0.6) is 0 Å². The summed E-state index contributed by atoms with van der Waals surface area (Å²) >= 11 is 0. The molecule has 0 unspecified atom stereocenters. The zero-order valence-electron chi connectivity index (χ0n) is 11.0. The van der Waals surface area contributed by atoms with Crippen LogP contribution in [0.1, 0.15) is 26.3 Å². The van der Waals surface area contributed by atoms with Gasteiger partial charge in [-0.15, -0.1) is 0 Å². The van der Waals surface area contributed by atoms with E-state index >= 15 is 0 Å². The molecule has 0 amide bonds. The van der Waals surface area contributed by atoms with Gasteiger partial charge in [-0.1, -0.05) is 41.6 Å². The molecule has 0 heterocycles. The largest absolute Gasteiger partial charge is 0.357 e. The van der Waals surface area contributed by atoms with Crippen molar-refractivity contribution < 1.29 is 9.47 Å². The Bertz CT molecular complexity index is 340. The monoisotopic (exact) mass is 250 g/mol. The van der Waals surface area contributed by atoms with Crippen molar-refractivity contribution in [1.82, 2.24) is 0 Å². The Morgan fingerprint density at radius 3 is 2.12 bits per heavy atom. The predicted octanol–water partition coefficient (Wildman–Crippen LogP) is 1.87. The smallest absolute Gasteiger partial charge is 0.139 e. The molecule has 17 heavy (non-hydrogen) atoms. The van der Waals surface area contributed by atoms with Crippen LogP contribution in [0.15, 0.2) is 30.8 Å². The van der Waals surface area contributed by atoms with E-state index in [9.17, 15) is 0 Å². The van der Waals surface area contributed by atoms with Gasteiger partial charge in [0.2, 0.25) is 0 Å². The summed E-state index contributed by atoms with van der Waals surface area (Å²) in [5, 5.41) is 1.36. The number of allylic oxidation sites excluding steroid dienone is 1. The maximum Gasteiger partial charge on any atom is 0.139 e. The van der Waals surface area contributed by atoms with E-state index in [4.69, 9.17) is 9.47 Å². The van der Waals surface area contributed by atoms with Crippen LogP contribution in [0.3, 0.4) is 0 Å². The fourth-order valence-electron chi connectivity index (χ4n) is 1.66. The van der Waals surface area contributed by atoms with Crippen LogP contribution in [0.25, 0.3) is 5.57 Å². The lowest BCUT2D eigenvalue weighted by Gasteiger charge is -2.16. The number of benzene rings is 1. The molecule has 1 rings (SSSR count). The van der Waals surface area contributed by atoms with Crippen molar-refractivity contribution >= 4 is 20.3 Å². The van der Waals surface area contributed by atoms with Crippen LogP contribution in [0, 0.1) is 0 Å². The molecule has 0 bridgehead atoms. The summed E-state index contributed by atoms with van der Waals surface area (Å²) in [5.74, 6) is 0.000628. The first-order valence-corrected chi connectivity index (χ1v) is 7.67. The number of hydrogen-bond acceptors (Lipinski definition) is 2. The minimum Gasteiger partial charge on any atom is -0.357 e. The lowest BCUT2D eigenvalue weighted by molar-refractivity contribution is -0.0817. The minimum absolute atomic E-state index is 0.000628. The van der Waals surface area contributed by atoms with Crippen LogP contribution in [0.4, 0.5) is 0 Å². The van der Waals surface area contributed by atoms with Gasteiger partial charge in [0.05, 0.1) is 0 Å². The molecule has 0 saturated heterocycles. The molecular weight excluding hydrogens is 228 g/mol. The van der Waals surface area contributed by atoms with Crippen molar-refractivity contribution in [2.24, 2.45) is 0 Å². The van der Waals surface area contributed by atoms with Gasteiger partial charge in [0.15, 0.2) is 0 Å². The Morgan fingerprint density at radius 1 is 1.18 bits per heavy atom. The molecule has 0 fully saturated rings. The van der Waals surface area contributed by atoms with E-state index in [1.165, 1.54) is 10.8 Å². The number of rotatable bonds is 7. The maximum absolute atomic E-state index is 5.59. The highest BCUT2D eigenvalue weighted by molar-refractivity contribution is 6.54. The summed E-state index contributed by atoms with van der Waals surface area (Å²) < 4.78 is 11.2. The topological polar surface area (TPSA) is 18.5 Å². The summed E-state index contributed by atoms with van der Waals surface area (Å²) in [6, 6.07) is 8.59. The average molecular weight is 250 g/mol. The van der Waals surface area contributed by atoms with Crippen LogP contribution >= 0.6 is 0 Å². The third-order valence-electron chi connectivity index (χ3n) is 2.55. The minimum atomic E-state index is -0.534. The van der Waals surface area contributed by atoms with E-state index in [0.717, 1.165) is 5.57 Å². The van der Waals surface area contributed by atoms with Crippen LogP contribution in [-0.2, 0) is 9.47 Å². The van der Waals surface area contributed by atoms with Gasteiger partial charge in [-0.05, 0) is 26.3 Å². The van der Waals surface area contributed by atoms with Gasteiger partial charge < -0.3 is 9.47 Å². The molecule has 94 valence electrons. The van der Waals surface area contributed by atoms with Crippen molar-refractivity contribution in [3.05, 3.63) is 36.4 Å². The molecule has 0 radical (unpaired) electrons. The predicted molar refractivity (Wildman–Crippen MR) is 76.4 cm³/mol. The van der Waals surface area contributed by atoms with E-state index in [2.05, 4.69) is 30.8 Å². The summed E-state index contributed by atoms with van der Waals surface area (Å²) in [4.78, 5) is 0. The van der Waals surface area contributed by atoms with Crippen molar-refractivity contribution in [3.63, 3.8) is 0 Å². The second-order valence-corrected chi connectivity index (χ2v) is 5.91. The second-order valence-electron chi connectivity index (χ2n) is 4.02. The molecule has 3 heteroatoms. The fourth-order valence-corrected chi connectivity index (χ4v) is 3.26. The Balaban J connectivity index is 2.62. The van der Waals surface area contributed by atoms with Gasteiger partial charge in [0.1, 0.15) is 15.4 Å². The van der Waals surface area contributed by atoms with Gasteiger partial charge >= 0.3 is 0 Å². The quantitative estimate of drug-likeness (QED) is 0.543. The highest BCUT2D eigenvalue weighted by atomic mass is 28.2. The summed E-state index contributed by atoms with van der Waals surface area (Å²) in [6.45, 7) is 11.4. The lowest BCUT2D eigenvalue weighted by Crippen LogP contribution is -2.33. The average Bonchev–Trinajstić information content (AvgIpc) is 2.30. The summed E-state index contributed by atoms with van der Waals surface area (Å²) in [7, 11) is -0.534. The van der Waals surface area contributed by atoms with Crippen LogP contribution in [0.2, 0.25) is 0 Å². The molecule has 0 N–H and O–H groups in total. The first-order chi connectivity index (χ1) is 8.17. The Kier molecular flexibility index (Phi) is 6.19. The zero-order chi connectivity index (χ0) is 12.7. The molecule has 1 aromatic carbocycles. The summed E-state index contributed by atoms with van der Waals surface area (Å²) in [5.41, 5.74) is 2.30. The van der Waals surface area contributed by atoms with Gasteiger partial charge in [-0.3, -0.25) is 0 Å². The van der Waals surface area contributed by atoms with Gasteiger partial charge in [-0.2, -0.15) is 0 Å². The first kappa shape index (κ1) is 14.2. The van der Waals surface area contributed by atoms with Crippen molar-refractivity contribution in [2.75, 3.05) is 13.2 Å². The normalized spacial score (nSPS) is 11.5. The van der Waals surface area contributed by atoms with E-state index < -0.39 is 9.52 Å².